The van der Waals surface area contributed by atoms with E-state index in [2.05, 4.69) is 4.74 Å². The van der Waals surface area contributed by atoms with Gasteiger partial charge in [0.15, 0.2) is 17.4 Å². The van der Waals surface area contributed by atoms with Crippen LogP contribution in [0, 0.1) is 11.6 Å². The average Bonchev–Trinajstić information content (AvgIpc) is 2.15. The topological polar surface area (TPSA) is 55.5 Å². The predicted octanol–water partition coefficient (Wildman–Crippen LogP) is 1.35. The standard InChI is InChI=1S/C10H13F2NO2/c1-5(13)9(14)6-3-7(11)10(15-2)8(12)4-6/h3-5,9,14H,13H2,1-2H3/t5-,9-/m0/s1. The van der Waals surface area contributed by atoms with Crippen LogP contribution in [-0.4, -0.2) is 18.3 Å². The lowest BCUT2D eigenvalue weighted by Crippen LogP contribution is -2.24. The molecular weight excluding hydrogens is 204 g/mol. The highest BCUT2D eigenvalue weighted by Gasteiger charge is 2.18. The summed E-state index contributed by atoms with van der Waals surface area (Å²) in [6.45, 7) is 1.55. The van der Waals surface area contributed by atoms with Gasteiger partial charge < -0.3 is 15.6 Å². The predicted molar refractivity (Wildman–Crippen MR) is 51.5 cm³/mol. The summed E-state index contributed by atoms with van der Waals surface area (Å²) in [5.41, 5.74) is 5.51. The first-order valence-electron chi connectivity index (χ1n) is 4.44. The molecule has 0 amide bonds. The molecule has 3 nitrogen and oxygen atoms in total. The van der Waals surface area contributed by atoms with Gasteiger partial charge in [0.05, 0.1) is 13.2 Å². The summed E-state index contributed by atoms with van der Waals surface area (Å²) in [5.74, 6) is -2.17. The summed E-state index contributed by atoms with van der Waals surface area (Å²) in [6.07, 6.45) is -1.10. The smallest absolute Gasteiger partial charge is 0.190 e. The Morgan fingerprint density at radius 2 is 1.80 bits per heavy atom. The number of methoxy groups -OCH3 is 1. The van der Waals surface area contributed by atoms with Crippen molar-refractivity contribution in [3.63, 3.8) is 0 Å². The van der Waals surface area contributed by atoms with E-state index in [4.69, 9.17) is 5.73 Å². The minimum absolute atomic E-state index is 0.0980. The molecule has 1 rings (SSSR count). The Morgan fingerprint density at radius 3 is 2.13 bits per heavy atom. The highest BCUT2D eigenvalue weighted by Crippen LogP contribution is 2.26. The molecule has 1 aromatic rings. The van der Waals surface area contributed by atoms with E-state index in [-0.39, 0.29) is 5.56 Å². The summed E-state index contributed by atoms with van der Waals surface area (Å²) in [5, 5.41) is 9.51. The molecule has 2 atom stereocenters. The van der Waals surface area contributed by atoms with Crippen molar-refractivity contribution >= 4 is 0 Å². The van der Waals surface area contributed by atoms with E-state index in [0.717, 1.165) is 12.1 Å². The number of hydrogen-bond donors (Lipinski definition) is 2. The molecular formula is C10H13F2NO2. The van der Waals surface area contributed by atoms with E-state index in [0.29, 0.717) is 0 Å². The van der Waals surface area contributed by atoms with E-state index >= 15 is 0 Å². The molecule has 0 saturated carbocycles. The van der Waals surface area contributed by atoms with Gasteiger partial charge in [0.2, 0.25) is 0 Å². The minimum atomic E-state index is -1.10. The van der Waals surface area contributed by atoms with Crippen LogP contribution in [0.25, 0.3) is 0 Å². The zero-order chi connectivity index (χ0) is 11.6. The Kier molecular flexibility index (Phi) is 3.60. The Hall–Kier alpha value is -1.20. The average molecular weight is 217 g/mol. The maximum Gasteiger partial charge on any atom is 0.190 e. The Balaban J connectivity index is 3.14. The zero-order valence-corrected chi connectivity index (χ0v) is 8.50. The lowest BCUT2D eigenvalue weighted by atomic mass is 10.0. The van der Waals surface area contributed by atoms with Crippen LogP contribution in [0.15, 0.2) is 12.1 Å². The highest BCUT2D eigenvalue weighted by atomic mass is 19.1. The number of aliphatic hydroxyl groups is 1. The van der Waals surface area contributed by atoms with Gasteiger partial charge in [-0.25, -0.2) is 8.78 Å². The van der Waals surface area contributed by atoms with Gasteiger partial charge >= 0.3 is 0 Å². The van der Waals surface area contributed by atoms with Crippen molar-refractivity contribution in [3.05, 3.63) is 29.3 Å². The van der Waals surface area contributed by atoms with E-state index in [1.165, 1.54) is 7.11 Å². The van der Waals surface area contributed by atoms with E-state index in [9.17, 15) is 13.9 Å². The monoisotopic (exact) mass is 217 g/mol. The van der Waals surface area contributed by atoms with Gasteiger partial charge in [-0.1, -0.05) is 0 Å². The summed E-state index contributed by atoms with van der Waals surface area (Å²) in [4.78, 5) is 0. The van der Waals surface area contributed by atoms with Crippen LogP contribution in [-0.2, 0) is 0 Å². The molecule has 0 heterocycles. The zero-order valence-electron chi connectivity index (χ0n) is 8.50. The van der Waals surface area contributed by atoms with Crippen molar-refractivity contribution in [1.29, 1.82) is 0 Å². The number of ether oxygens (including phenoxy) is 1. The van der Waals surface area contributed by atoms with Gasteiger partial charge in [-0.3, -0.25) is 0 Å². The fourth-order valence-electron chi connectivity index (χ4n) is 1.25. The van der Waals surface area contributed by atoms with Crippen molar-refractivity contribution in [3.8, 4) is 5.75 Å². The van der Waals surface area contributed by atoms with Gasteiger partial charge in [0.25, 0.3) is 0 Å². The van der Waals surface area contributed by atoms with Gasteiger partial charge in [0, 0.05) is 6.04 Å². The number of nitrogens with two attached hydrogens (primary N) is 1. The molecule has 0 radical (unpaired) electrons. The van der Waals surface area contributed by atoms with Gasteiger partial charge in [-0.2, -0.15) is 0 Å². The quantitative estimate of drug-likeness (QED) is 0.803. The molecule has 3 N–H and O–H groups in total. The molecule has 0 aliphatic carbocycles. The molecule has 15 heavy (non-hydrogen) atoms. The van der Waals surface area contributed by atoms with Crippen LogP contribution in [0.4, 0.5) is 8.78 Å². The first-order chi connectivity index (χ1) is 6.97. The van der Waals surface area contributed by atoms with Gasteiger partial charge in [0.1, 0.15) is 0 Å². The number of hydrogen-bond acceptors (Lipinski definition) is 3. The number of rotatable bonds is 3. The summed E-state index contributed by atoms with van der Waals surface area (Å²) in [6, 6.07) is 1.42. The second-order valence-corrected chi connectivity index (χ2v) is 3.32. The maximum absolute atomic E-state index is 13.2. The number of benzene rings is 1. The maximum atomic E-state index is 13.2. The van der Waals surface area contributed by atoms with Crippen LogP contribution < -0.4 is 10.5 Å². The van der Waals surface area contributed by atoms with Crippen molar-refractivity contribution in [1.82, 2.24) is 0 Å². The lowest BCUT2D eigenvalue weighted by molar-refractivity contribution is 0.152. The van der Waals surface area contributed by atoms with Gasteiger partial charge in [-0.15, -0.1) is 0 Å². The van der Waals surface area contributed by atoms with Crippen molar-refractivity contribution < 1.29 is 18.6 Å². The molecule has 0 saturated heterocycles. The second kappa shape index (κ2) is 4.55. The van der Waals surface area contributed by atoms with Crippen molar-refractivity contribution in [2.24, 2.45) is 5.73 Å². The SMILES string of the molecule is COc1c(F)cc([C@@H](O)[C@H](C)N)cc1F. The van der Waals surface area contributed by atoms with Crippen LogP contribution in [0.3, 0.4) is 0 Å². The Labute approximate surface area is 86.5 Å². The fraction of sp³-hybridized carbons (Fsp3) is 0.400. The molecule has 0 bridgehead atoms. The van der Waals surface area contributed by atoms with Crippen LogP contribution in [0.2, 0.25) is 0 Å². The van der Waals surface area contributed by atoms with Gasteiger partial charge in [-0.05, 0) is 24.6 Å². The van der Waals surface area contributed by atoms with Crippen LogP contribution >= 0.6 is 0 Å². The first-order valence-corrected chi connectivity index (χ1v) is 4.44. The summed E-state index contributed by atoms with van der Waals surface area (Å²) >= 11 is 0. The summed E-state index contributed by atoms with van der Waals surface area (Å²) in [7, 11) is 1.17. The molecule has 1 aromatic carbocycles. The van der Waals surface area contributed by atoms with Crippen LogP contribution in [0.5, 0.6) is 5.75 Å². The first kappa shape index (κ1) is 11.9. The second-order valence-electron chi connectivity index (χ2n) is 3.32. The molecule has 5 heteroatoms. The Bertz CT molecular complexity index is 332. The third-order valence-electron chi connectivity index (χ3n) is 2.06. The fourth-order valence-corrected chi connectivity index (χ4v) is 1.25. The summed E-state index contributed by atoms with van der Waals surface area (Å²) < 4.78 is 30.9. The van der Waals surface area contributed by atoms with Crippen LogP contribution in [0.1, 0.15) is 18.6 Å². The molecule has 0 unspecified atom stereocenters. The molecule has 0 aromatic heterocycles. The number of halogens is 2. The minimum Gasteiger partial charge on any atom is -0.491 e. The lowest BCUT2D eigenvalue weighted by Gasteiger charge is -2.15. The molecule has 0 spiro atoms. The number of aliphatic hydroxyl groups excluding tert-OH is 1. The molecule has 0 aliphatic rings. The third kappa shape index (κ3) is 2.43. The third-order valence-corrected chi connectivity index (χ3v) is 2.06. The highest BCUT2D eigenvalue weighted by molar-refractivity contribution is 5.32. The van der Waals surface area contributed by atoms with E-state index in [1.807, 2.05) is 0 Å². The molecule has 0 fully saturated rings. The normalized spacial score (nSPS) is 14.8. The van der Waals surface area contributed by atoms with Crippen molar-refractivity contribution in [2.45, 2.75) is 19.1 Å². The van der Waals surface area contributed by atoms with E-state index < -0.39 is 29.5 Å². The Morgan fingerprint density at radius 1 is 1.33 bits per heavy atom. The molecule has 84 valence electrons. The van der Waals surface area contributed by atoms with E-state index in [1.54, 1.807) is 6.92 Å². The van der Waals surface area contributed by atoms with Crippen molar-refractivity contribution in [2.75, 3.05) is 7.11 Å². The largest absolute Gasteiger partial charge is 0.491 e. The molecule has 0 aliphatic heterocycles.